The molecule has 9 nitrogen and oxygen atoms in total. The van der Waals surface area contributed by atoms with Gasteiger partial charge in [-0.1, -0.05) is 0 Å². The lowest BCUT2D eigenvalue weighted by Gasteiger charge is -2.40. The Labute approximate surface area is 191 Å². The quantitative estimate of drug-likeness (QED) is 0.626. The molecule has 9 heteroatoms. The first-order chi connectivity index (χ1) is 16.1. The van der Waals surface area contributed by atoms with E-state index < -0.39 is 0 Å². The number of carbonyl (C=O) groups excluding carboxylic acids is 1. The average Bonchev–Trinajstić information content (AvgIpc) is 3.41. The maximum absolute atomic E-state index is 12.6. The van der Waals surface area contributed by atoms with Gasteiger partial charge in [-0.2, -0.15) is 0 Å². The van der Waals surface area contributed by atoms with Crippen LogP contribution in [0.1, 0.15) is 42.0 Å². The zero-order valence-electron chi connectivity index (χ0n) is 18.6. The molecule has 2 bridgehead atoms. The lowest BCUT2D eigenvalue weighted by atomic mass is 9.69. The minimum atomic E-state index is -0.166. The molecule has 3 aliphatic heterocycles. The van der Waals surface area contributed by atoms with Gasteiger partial charge in [-0.05, 0) is 49.9 Å². The summed E-state index contributed by atoms with van der Waals surface area (Å²) >= 11 is 0. The molecular weight excluding hydrogens is 418 g/mol. The van der Waals surface area contributed by atoms with Gasteiger partial charge in [-0.15, -0.1) is 0 Å². The number of nitrogens with zero attached hydrogens (tertiary/aromatic N) is 5. The standard InChI is InChI=1S/C24H27N7O2/c1-25-22(33)19-5-4-16(13-27-19)30-9-6-15(7-10-30)31-14-24(11-17(31)12-24)23-28-20-18(21(32)29-23)3-2-8-26-20/h2-5,8,13,15,17H,6-7,9-12,14H2,1H3,(H,25,33)(H,26,28,29,32). The summed E-state index contributed by atoms with van der Waals surface area (Å²) in [7, 11) is 1.61. The summed E-state index contributed by atoms with van der Waals surface area (Å²) in [5.74, 6) is 0.636. The average molecular weight is 446 g/mol. The van der Waals surface area contributed by atoms with Crippen LogP contribution in [0.4, 0.5) is 5.69 Å². The Morgan fingerprint density at radius 2 is 1.97 bits per heavy atom. The third-order valence-electron chi connectivity index (χ3n) is 7.70. The van der Waals surface area contributed by atoms with Crippen molar-refractivity contribution in [2.24, 2.45) is 0 Å². The van der Waals surface area contributed by atoms with E-state index in [0.29, 0.717) is 28.8 Å². The number of pyridine rings is 2. The van der Waals surface area contributed by atoms with Crippen LogP contribution < -0.4 is 15.8 Å². The molecule has 7 rings (SSSR count). The maximum atomic E-state index is 12.6. The first-order valence-corrected chi connectivity index (χ1v) is 11.6. The van der Waals surface area contributed by atoms with Gasteiger partial charge in [0.2, 0.25) is 0 Å². The van der Waals surface area contributed by atoms with Crippen LogP contribution in [0.15, 0.2) is 41.5 Å². The van der Waals surface area contributed by atoms with Gasteiger partial charge in [0, 0.05) is 50.4 Å². The number of H-pyrrole nitrogens is 1. The molecule has 3 saturated heterocycles. The Morgan fingerprint density at radius 3 is 2.70 bits per heavy atom. The van der Waals surface area contributed by atoms with Crippen LogP contribution in [0.3, 0.4) is 0 Å². The molecule has 6 heterocycles. The summed E-state index contributed by atoms with van der Waals surface area (Å²) in [6, 6.07) is 8.42. The fourth-order valence-corrected chi connectivity index (χ4v) is 5.89. The third kappa shape index (κ3) is 3.30. The second-order valence-electron chi connectivity index (χ2n) is 9.50. The van der Waals surface area contributed by atoms with Crippen LogP contribution in [-0.4, -0.2) is 69.5 Å². The van der Waals surface area contributed by atoms with Crippen molar-refractivity contribution in [1.29, 1.82) is 0 Å². The molecule has 1 amide bonds. The van der Waals surface area contributed by atoms with Gasteiger partial charge in [0.15, 0.2) is 5.65 Å². The lowest BCUT2D eigenvalue weighted by Crippen LogP contribution is -2.46. The topological polar surface area (TPSA) is 107 Å². The molecule has 2 N–H and O–H groups in total. The number of hydrogen-bond acceptors (Lipinski definition) is 7. The molecule has 0 atom stereocenters. The molecule has 33 heavy (non-hydrogen) atoms. The minimum Gasteiger partial charge on any atom is -0.370 e. The Morgan fingerprint density at radius 1 is 1.15 bits per heavy atom. The summed E-state index contributed by atoms with van der Waals surface area (Å²) in [4.78, 5) is 45.7. The number of aromatic amines is 1. The van der Waals surface area contributed by atoms with Crippen LogP contribution in [0, 0.1) is 0 Å². The van der Waals surface area contributed by atoms with E-state index >= 15 is 0 Å². The minimum absolute atomic E-state index is 0.0493. The normalized spacial score (nSPS) is 25.2. The van der Waals surface area contributed by atoms with Crippen molar-refractivity contribution in [2.45, 2.75) is 43.2 Å². The van der Waals surface area contributed by atoms with Crippen molar-refractivity contribution in [2.75, 3.05) is 31.6 Å². The predicted octanol–water partition coefficient (Wildman–Crippen LogP) is 1.46. The summed E-state index contributed by atoms with van der Waals surface area (Å²) in [5, 5.41) is 3.15. The highest BCUT2D eigenvalue weighted by molar-refractivity contribution is 5.92. The largest absolute Gasteiger partial charge is 0.370 e. The summed E-state index contributed by atoms with van der Waals surface area (Å²) in [5.41, 5.74) is 1.90. The van der Waals surface area contributed by atoms with Crippen molar-refractivity contribution in [3.05, 3.63) is 58.5 Å². The van der Waals surface area contributed by atoms with Crippen LogP contribution in [-0.2, 0) is 5.41 Å². The second-order valence-corrected chi connectivity index (χ2v) is 9.50. The highest BCUT2D eigenvalue weighted by Gasteiger charge is 2.59. The van der Waals surface area contributed by atoms with E-state index in [1.54, 1.807) is 37.6 Å². The Hall–Kier alpha value is -3.33. The molecule has 0 aromatic carbocycles. The summed E-state index contributed by atoms with van der Waals surface area (Å²) < 4.78 is 0. The van der Waals surface area contributed by atoms with Gasteiger partial charge in [0.05, 0.1) is 17.3 Å². The summed E-state index contributed by atoms with van der Waals surface area (Å²) in [6.07, 6.45) is 7.78. The van der Waals surface area contributed by atoms with E-state index in [1.165, 1.54) is 0 Å². The van der Waals surface area contributed by atoms with Crippen molar-refractivity contribution in [3.63, 3.8) is 0 Å². The number of hydrogen-bond donors (Lipinski definition) is 2. The number of nitrogens with one attached hydrogen (secondary N) is 2. The van der Waals surface area contributed by atoms with Gasteiger partial charge >= 0.3 is 0 Å². The first-order valence-electron chi connectivity index (χ1n) is 11.6. The van der Waals surface area contributed by atoms with E-state index in [1.807, 2.05) is 6.07 Å². The Bertz CT molecular complexity index is 1260. The first kappa shape index (κ1) is 20.3. The van der Waals surface area contributed by atoms with Crippen LogP contribution in [0.2, 0.25) is 0 Å². The zero-order chi connectivity index (χ0) is 22.6. The molecule has 170 valence electrons. The van der Waals surface area contributed by atoms with Gasteiger partial charge in [0.1, 0.15) is 11.5 Å². The van der Waals surface area contributed by atoms with Crippen LogP contribution in [0.25, 0.3) is 11.0 Å². The second kappa shape index (κ2) is 7.62. The highest BCUT2D eigenvalue weighted by Crippen LogP contribution is 2.53. The van der Waals surface area contributed by atoms with Crippen LogP contribution >= 0.6 is 0 Å². The molecule has 0 spiro atoms. The predicted molar refractivity (Wildman–Crippen MR) is 124 cm³/mol. The third-order valence-corrected chi connectivity index (χ3v) is 7.70. The number of rotatable bonds is 4. The number of aromatic nitrogens is 4. The maximum Gasteiger partial charge on any atom is 0.269 e. The molecule has 0 radical (unpaired) electrons. The lowest BCUT2D eigenvalue weighted by molar-refractivity contribution is 0.0958. The van der Waals surface area contributed by atoms with E-state index in [4.69, 9.17) is 4.98 Å². The Kier molecular flexibility index (Phi) is 4.69. The van der Waals surface area contributed by atoms with Crippen LogP contribution in [0.5, 0.6) is 0 Å². The molecule has 1 saturated carbocycles. The van der Waals surface area contributed by atoms with Gasteiger partial charge in [-0.25, -0.2) is 15.0 Å². The fraction of sp³-hybridized carbons (Fsp3) is 0.458. The summed E-state index contributed by atoms with van der Waals surface area (Å²) in [6.45, 7) is 2.89. The molecule has 3 aromatic heterocycles. The van der Waals surface area contributed by atoms with Gasteiger partial charge in [0.25, 0.3) is 11.5 Å². The van der Waals surface area contributed by atoms with Crippen molar-refractivity contribution < 1.29 is 4.79 Å². The molecule has 4 aliphatic rings. The number of anilines is 1. The molecule has 1 aliphatic carbocycles. The van der Waals surface area contributed by atoms with Gasteiger partial charge in [-0.3, -0.25) is 14.5 Å². The number of amides is 1. The van der Waals surface area contributed by atoms with Crippen molar-refractivity contribution in [1.82, 2.24) is 30.2 Å². The fourth-order valence-electron chi connectivity index (χ4n) is 5.89. The SMILES string of the molecule is CNC(=O)c1ccc(N2CCC(N3CC4(c5nc6ncccc6c(=O)[nH]5)CC3C4)CC2)cn1. The molecule has 0 unspecified atom stereocenters. The van der Waals surface area contributed by atoms with E-state index in [9.17, 15) is 9.59 Å². The van der Waals surface area contributed by atoms with Crippen molar-refractivity contribution >= 4 is 22.6 Å². The van der Waals surface area contributed by atoms with Gasteiger partial charge < -0.3 is 15.2 Å². The van der Waals surface area contributed by atoms with E-state index in [0.717, 1.165) is 56.8 Å². The monoisotopic (exact) mass is 445 g/mol. The number of fused-ring (bicyclic) bond motifs is 2. The number of carbonyl (C=O) groups is 1. The smallest absolute Gasteiger partial charge is 0.269 e. The zero-order valence-corrected chi connectivity index (χ0v) is 18.6. The van der Waals surface area contributed by atoms with E-state index in [2.05, 4.69) is 30.1 Å². The molecular formula is C24H27N7O2. The molecule has 3 aromatic rings. The van der Waals surface area contributed by atoms with Crippen molar-refractivity contribution in [3.8, 4) is 0 Å². The highest BCUT2D eigenvalue weighted by atomic mass is 16.1. The molecule has 4 fully saturated rings. The van der Waals surface area contributed by atoms with E-state index in [-0.39, 0.29) is 16.9 Å². The Balaban J connectivity index is 1.13. The number of piperidine rings is 1.